The van der Waals surface area contributed by atoms with Crippen LogP contribution in [0.3, 0.4) is 0 Å². The zero-order chi connectivity index (χ0) is 27.2. The van der Waals surface area contributed by atoms with Crippen LogP contribution in [0.5, 0.6) is 0 Å². The Morgan fingerprint density at radius 1 is 0.600 bits per heavy atom. The summed E-state index contributed by atoms with van der Waals surface area (Å²) in [6, 6.07) is 52.9. The summed E-state index contributed by atoms with van der Waals surface area (Å²) in [5.74, 6) is 0.104. The van der Waals surface area contributed by atoms with E-state index in [1.54, 1.807) is 0 Å². The first-order valence-electron chi connectivity index (χ1n) is 13.9. The van der Waals surface area contributed by atoms with Crippen LogP contribution in [0.25, 0.3) is 0 Å². The molecule has 0 aliphatic carbocycles. The van der Waals surface area contributed by atoms with Crippen molar-refractivity contribution in [2.45, 2.75) is 18.9 Å². The maximum Gasteiger partial charge on any atom is 0.215 e. The maximum atomic E-state index is 4.92. The average molecular weight is 532 g/mol. The van der Waals surface area contributed by atoms with Crippen molar-refractivity contribution in [3.63, 3.8) is 0 Å². The predicted octanol–water partition coefficient (Wildman–Crippen LogP) is 5.02. The van der Waals surface area contributed by atoms with E-state index in [1.165, 1.54) is 32.3 Å². The highest BCUT2D eigenvalue weighted by Gasteiger charge is 2.40. The second-order valence-corrected chi connectivity index (χ2v) is 14.2. The fourth-order valence-electron chi connectivity index (χ4n) is 5.78. The fourth-order valence-corrected chi connectivity index (χ4v) is 10.4. The smallest absolute Gasteiger partial charge is 0.215 e. The first kappa shape index (κ1) is 25.8. The summed E-state index contributed by atoms with van der Waals surface area (Å²) in [4.78, 5) is 4.92. The van der Waals surface area contributed by atoms with Crippen molar-refractivity contribution >= 4 is 36.6 Å². The first-order valence-corrected chi connectivity index (χ1v) is 16.1. The third-order valence-corrected chi connectivity index (χ3v) is 12.6. The molecular formula is C36H32BN2Si. The number of nitrogens with zero attached hydrogens (tertiary/aromatic N) is 2. The van der Waals surface area contributed by atoms with E-state index in [9.17, 15) is 0 Å². The van der Waals surface area contributed by atoms with Crippen molar-refractivity contribution in [3.05, 3.63) is 175 Å². The van der Waals surface area contributed by atoms with Gasteiger partial charge in [0.1, 0.15) is 0 Å². The Bertz CT molecular complexity index is 1550. The van der Waals surface area contributed by atoms with Gasteiger partial charge < -0.3 is 4.57 Å². The molecule has 0 atom stereocenters. The Hall–Kier alpha value is -4.41. The van der Waals surface area contributed by atoms with Gasteiger partial charge >= 0.3 is 0 Å². The lowest BCUT2D eigenvalue weighted by Gasteiger charge is -2.35. The Morgan fingerprint density at radius 2 is 1.05 bits per heavy atom. The van der Waals surface area contributed by atoms with Crippen molar-refractivity contribution in [2.24, 2.45) is 0 Å². The normalized spacial score (nSPS) is 11.4. The summed E-state index contributed by atoms with van der Waals surface area (Å²) in [7, 11) is -0.161. The molecule has 0 aliphatic rings. The Kier molecular flexibility index (Phi) is 7.60. The van der Waals surface area contributed by atoms with Gasteiger partial charge in [0.05, 0.1) is 5.72 Å². The lowest BCUT2D eigenvalue weighted by Crippen LogP contribution is -2.70. The van der Waals surface area contributed by atoms with Crippen LogP contribution in [0.15, 0.2) is 158 Å². The van der Waals surface area contributed by atoms with Gasteiger partial charge in [0.25, 0.3) is 0 Å². The molecule has 40 heavy (non-hydrogen) atoms. The molecule has 6 aromatic rings. The molecule has 1 aromatic heterocycles. The number of rotatable bonds is 9. The van der Waals surface area contributed by atoms with Crippen molar-refractivity contribution < 1.29 is 0 Å². The molecule has 2 nitrogen and oxygen atoms in total. The van der Waals surface area contributed by atoms with Gasteiger partial charge in [-0.1, -0.05) is 151 Å². The van der Waals surface area contributed by atoms with E-state index in [0.717, 1.165) is 11.9 Å². The van der Waals surface area contributed by atoms with Crippen LogP contribution < -0.4 is 21.3 Å². The van der Waals surface area contributed by atoms with Gasteiger partial charge in [-0.3, -0.25) is 4.98 Å². The molecule has 5 aromatic carbocycles. The highest BCUT2D eigenvalue weighted by molar-refractivity contribution is 7.10. The van der Waals surface area contributed by atoms with Crippen LogP contribution in [0, 0.1) is 6.92 Å². The minimum Gasteiger partial charge on any atom is -0.345 e. The fraction of sp³-hybridized carbons (Fsp3) is 0.0833. The summed E-state index contributed by atoms with van der Waals surface area (Å²) in [5.41, 5.74) is 4.79. The van der Waals surface area contributed by atoms with Crippen LogP contribution in [0.4, 0.5) is 0 Å². The minimum atomic E-state index is -2.49. The van der Waals surface area contributed by atoms with Crippen LogP contribution in [0.2, 0.25) is 0 Å². The molecule has 4 heteroatoms. The van der Waals surface area contributed by atoms with E-state index in [-0.39, 0.29) is 5.82 Å². The number of aryl methyl sites for hydroxylation is 1. The molecule has 0 fully saturated rings. The minimum absolute atomic E-state index is 0.104. The van der Waals surface area contributed by atoms with Crippen LogP contribution >= 0.6 is 0 Å². The van der Waals surface area contributed by atoms with E-state index in [1.807, 2.05) is 6.20 Å². The molecule has 0 N–H and O–H groups in total. The largest absolute Gasteiger partial charge is 0.345 e. The molecule has 1 heterocycles. The van der Waals surface area contributed by atoms with Gasteiger partial charge in [0.2, 0.25) is 7.28 Å². The summed E-state index contributed by atoms with van der Waals surface area (Å²) in [6.07, 6.45) is 4.95. The highest BCUT2D eigenvalue weighted by Crippen LogP contribution is 2.23. The number of aromatic nitrogens is 2. The van der Waals surface area contributed by atoms with E-state index in [2.05, 4.69) is 171 Å². The van der Waals surface area contributed by atoms with E-state index >= 15 is 0 Å². The third kappa shape index (κ3) is 5.23. The van der Waals surface area contributed by atoms with E-state index < -0.39 is 8.07 Å². The van der Waals surface area contributed by atoms with Gasteiger partial charge in [-0.25, -0.2) is 0 Å². The first-order chi connectivity index (χ1) is 19.7. The molecule has 193 valence electrons. The van der Waals surface area contributed by atoms with E-state index in [0.29, 0.717) is 0 Å². The standard InChI is InChI=1S/C36H32BN2Si/c1-29-22-24-34(25-23-29)40(32-18-10-4-11-19-32,33-20-12-5-13-21-33)28-39-27-26-38-36(39)37-35(30-14-6-2-7-15-30)31-16-8-3-9-17-31/h2-27,35H,28H2,1H3. The average Bonchev–Trinajstić information content (AvgIpc) is 3.47. The lowest BCUT2D eigenvalue weighted by molar-refractivity contribution is 0.889. The Morgan fingerprint density at radius 3 is 1.55 bits per heavy atom. The van der Waals surface area contributed by atoms with Gasteiger partial charge in [-0.15, -0.1) is 0 Å². The van der Waals surface area contributed by atoms with Crippen molar-refractivity contribution in [1.29, 1.82) is 0 Å². The highest BCUT2D eigenvalue weighted by atomic mass is 28.3. The molecule has 0 amide bonds. The monoisotopic (exact) mass is 531 g/mol. The van der Waals surface area contributed by atoms with Crippen molar-refractivity contribution in [1.82, 2.24) is 9.55 Å². The molecule has 0 unspecified atom stereocenters. The SMILES string of the molecule is Cc1ccc([Si](Cn2ccnc2[B]C(c2ccccc2)c2ccccc2)(c2ccccc2)c2ccccc2)cc1. The predicted molar refractivity (Wildman–Crippen MR) is 171 cm³/mol. The van der Waals surface area contributed by atoms with Gasteiger partial charge in [0.15, 0.2) is 8.07 Å². The lowest BCUT2D eigenvalue weighted by atomic mass is 9.58. The van der Waals surface area contributed by atoms with Crippen LogP contribution in [-0.2, 0) is 6.17 Å². The number of hydrogen-bond acceptors (Lipinski definition) is 1. The molecule has 1 radical (unpaired) electrons. The Labute approximate surface area is 239 Å². The zero-order valence-corrected chi connectivity index (χ0v) is 23.8. The topological polar surface area (TPSA) is 17.8 Å². The summed E-state index contributed by atoms with van der Waals surface area (Å²) in [6.45, 7) is 2.16. The summed E-state index contributed by atoms with van der Waals surface area (Å²) < 4.78 is 2.38. The second kappa shape index (κ2) is 11.8. The second-order valence-electron chi connectivity index (χ2n) is 10.4. The molecule has 6 rings (SSSR count). The number of benzene rings is 5. The molecule has 0 spiro atoms. The molecule has 0 aliphatic heterocycles. The van der Waals surface area contributed by atoms with Gasteiger partial charge in [0, 0.05) is 18.6 Å². The molecule has 0 bridgehead atoms. The quantitative estimate of drug-likeness (QED) is 0.189. The maximum absolute atomic E-state index is 4.92. The number of hydrogen-bond donors (Lipinski definition) is 0. The van der Waals surface area contributed by atoms with Crippen molar-refractivity contribution in [2.75, 3.05) is 0 Å². The zero-order valence-electron chi connectivity index (χ0n) is 22.8. The summed E-state index contributed by atoms with van der Waals surface area (Å²) in [5, 5.41) is 4.19. The van der Waals surface area contributed by atoms with Crippen molar-refractivity contribution in [3.8, 4) is 0 Å². The molecule has 0 saturated heterocycles. The van der Waals surface area contributed by atoms with Gasteiger partial charge in [-0.2, -0.15) is 0 Å². The Balaban J connectivity index is 1.48. The third-order valence-electron chi connectivity index (χ3n) is 7.87. The van der Waals surface area contributed by atoms with Crippen LogP contribution in [-0.4, -0.2) is 24.9 Å². The summed E-state index contributed by atoms with van der Waals surface area (Å²) >= 11 is 0. The molecular weight excluding hydrogens is 499 g/mol. The van der Waals surface area contributed by atoms with Gasteiger partial charge in [-0.05, 0) is 39.4 Å². The molecule has 0 saturated carbocycles. The van der Waals surface area contributed by atoms with Crippen LogP contribution in [0.1, 0.15) is 22.5 Å². The number of imidazole rings is 1. The van der Waals surface area contributed by atoms with E-state index in [4.69, 9.17) is 4.98 Å².